The van der Waals surface area contributed by atoms with Crippen molar-refractivity contribution in [2.45, 2.75) is 6.18 Å². The number of alkyl halides is 3. The van der Waals surface area contributed by atoms with Crippen LogP contribution in [-0.4, -0.2) is 19.9 Å². The van der Waals surface area contributed by atoms with Crippen molar-refractivity contribution in [2.75, 3.05) is 5.32 Å². The number of nitrogens with zero attached hydrogens (tertiary/aromatic N) is 4. The first kappa shape index (κ1) is 16.1. The summed E-state index contributed by atoms with van der Waals surface area (Å²) in [5.74, 6) is 0.153. The first-order valence-corrected chi connectivity index (χ1v) is 7.05. The lowest BCUT2D eigenvalue weighted by molar-refractivity contribution is -0.141. The van der Waals surface area contributed by atoms with E-state index in [2.05, 4.69) is 25.3 Å². The van der Waals surface area contributed by atoms with Crippen LogP contribution in [0.15, 0.2) is 48.9 Å². The Bertz CT molecular complexity index is 869. The third-order valence-electron chi connectivity index (χ3n) is 2.98. The molecule has 0 atom stereocenters. The molecule has 3 aromatic rings. The standard InChI is InChI=1S/C15H9ClF3N5/c16-13-7-9(1-4-21-13)11-3-6-22-14(24-11)23-10-2-5-20-12(8-10)15(17,18)19/h1-8H,(H,20,22,23,24). The van der Waals surface area contributed by atoms with Gasteiger partial charge in [0.25, 0.3) is 0 Å². The summed E-state index contributed by atoms with van der Waals surface area (Å²) in [7, 11) is 0. The zero-order valence-corrected chi connectivity index (χ0v) is 12.7. The van der Waals surface area contributed by atoms with E-state index < -0.39 is 11.9 Å². The second-order valence-corrected chi connectivity index (χ2v) is 5.07. The maximum Gasteiger partial charge on any atom is 0.433 e. The molecule has 3 aromatic heterocycles. The number of halogens is 4. The van der Waals surface area contributed by atoms with Gasteiger partial charge in [0.05, 0.1) is 5.69 Å². The molecule has 0 saturated carbocycles. The largest absolute Gasteiger partial charge is 0.433 e. The molecule has 0 spiro atoms. The van der Waals surface area contributed by atoms with E-state index in [9.17, 15) is 13.2 Å². The van der Waals surface area contributed by atoms with E-state index in [-0.39, 0.29) is 11.6 Å². The van der Waals surface area contributed by atoms with Crippen LogP contribution in [0, 0.1) is 0 Å². The maximum atomic E-state index is 12.7. The Morgan fingerprint density at radius 1 is 0.917 bits per heavy atom. The summed E-state index contributed by atoms with van der Waals surface area (Å²) in [6.45, 7) is 0. The van der Waals surface area contributed by atoms with Gasteiger partial charge in [0.1, 0.15) is 10.8 Å². The molecule has 1 N–H and O–H groups in total. The van der Waals surface area contributed by atoms with Crippen molar-refractivity contribution in [3.63, 3.8) is 0 Å². The highest BCUT2D eigenvalue weighted by Crippen LogP contribution is 2.29. The Balaban J connectivity index is 1.88. The van der Waals surface area contributed by atoms with Crippen LogP contribution in [0.1, 0.15) is 5.69 Å². The number of hydrogen-bond acceptors (Lipinski definition) is 5. The van der Waals surface area contributed by atoms with Gasteiger partial charge in [-0.2, -0.15) is 13.2 Å². The lowest BCUT2D eigenvalue weighted by Crippen LogP contribution is -2.08. The fraction of sp³-hybridized carbons (Fsp3) is 0.0667. The summed E-state index contributed by atoms with van der Waals surface area (Å²) in [6, 6.07) is 7.28. The Hall–Kier alpha value is -2.74. The second kappa shape index (κ2) is 6.40. The summed E-state index contributed by atoms with van der Waals surface area (Å²) in [6.07, 6.45) is -0.429. The molecule has 0 aromatic carbocycles. The van der Waals surface area contributed by atoms with Crippen molar-refractivity contribution in [3.8, 4) is 11.3 Å². The average Bonchev–Trinajstić information content (AvgIpc) is 2.55. The fourth-order valence-electron chi connectivity index (χ4n) is 1.93. The van der Waals surface area contributed by atoms with Crippen LogP contribution in [0.3, 0.4) is 0 Å². The van der Waals surface area contributed by atoms with E-state index in [0.717, 1.165) is 12.3 Å². The van der Waals surface area contributed by atoms with E-state index in [1.54, 1.807) is 18.2 Å². The zero-order valence-electron chi connectivity index (χ0n) is 11.9. The summed E-state index contributed by atoms with van der Waals surface area (Å²) >= 11 is 5.84. The van der Waals surface area contributed by atoms with Crippen molar-refractivity contribution in [1.82, 2.24) is 19.9 Å². The highest BCUT2D eigenvalue weighted by Gasteiger charge is 2.32. The van der Waals surface area contributed by atoms with E-state index >= 15 is 0 Å². The summed E-state index contributed by atoms with van der Waals surface area (Å²) < 4.78 is 38.1. The molecule has 3 rings (SSSR count). The molecular weight excluding hydrogens is 343 g/mol. The van der Waals surface area contributed by atoms with Gasteiger partial charge in [0, 0.05) is 29.8 Å². The van der Waals surface area contributed by atoms with Crippen molar-refractivity contribution >= 4 is 23.2 Å². The number of aromatic nitrogens is 4. The molecule has 0 aliphatic carbocycles. The predicted octanol–water partition coefficient (Wildman–Crippen LogP) is 4.35. The van der Waals surface area contributed by atoms with E-state index in [1.165, 1.54) is 18.5 Å². The van der Waals surface area contributed by atoms with Gasteiger partial charge in [0.2, 0.25) is 5.95 Å². The average molecular weight is 352 g/mol. The van der Waals surface area contributed by atoms with E-state index in [1.807, 2.05) is 0 Å². The number of rotatable bonds is 3. The number of anilines is 2. The molecule has 0 aliphatic rings. The minimum absolute atomic E-state index is 0.153. The Labute approximate surface area is 139 Å². The normalized spacial score (nSPS) is 11.3. The molecule has 0 radical (unpaired) electrons. The van der Waals surface area contributed by atoms with Crippen molar-refractivity contribution < 1.29 is 13.2 Å². The van der Waals surface area contributed by atoms with Gasteiger partial charge in [-0.15, -0.1) is 0 Å². The first-order valence-electron chi connectivity index (χ1n) is 6.67. The van der Waals surface area contributed by atoms with Gasteiger partial charge in [-0.3, -0.25) is 4.98 Å². The first-order chi connectivity index (χ1) is 11.4. The molecule has 0 bridgehead atoms. The Morgan fingerprint density at radius 2 is 1.67 bits per heavy atom. The number of hydrogen-bond donors (Lipinski definition) is 1. The van der Waals surface area contributed by atoms with E-state index in [0.29, 0.717) is 16.4 Å². The van der Waals surface area contributed by atoms with Gasteiger partial charge in [-0.05, 0) is 30.3 Å². The lowest BCUT2D eigenvalue weighted by atomic mass is 10.2. The minimum Gasteiger partial charge on any atom is -0.324 e. The van der Waals surface area contributed by atoms with Crippen LogP contribution in [0.2, 0.25) is 5.15 Å². The Kier molecular flexibility index (Phi) is 4.30. The van der Waals surface area contributed by atoms with Crippen molar-refractivity contribution in [2.24, 2.45) is 0 Å². The third kappa shape index (κ3) is 3.77. The van der Waals surface area contributed by atoms with Gasteiger partial charge in [0.15, 0.2) is 0 Å². The molecule has 5 nitrogen and oxygen atoms in total. The molecule has 0 unspecified atom stereocenters. The van der Waals surface area contributed by atoms with Crippen LogP contribution in [0.5, 0.6) is 0 Å². The molecule has 0 amide bonds. The van der Waals surface area contributed by atoms with Gasteiger partial charge >= 0.3 is 6.18 Å². The molecule has 0 fully saturated rings. The SMILES string of the molecule is FC(F)(F)c1cc(Nc2nccc(-c3ccnc(Cl)c3)n2)ccn1. The van der Waals surface area contributed by atoms with Crippen molar-refractivity contribution in [3.05, 3.63) is 59.8 Å². The summed E-state index contributed by atoms with van der Waals surface area (Å²) in [5.41, 5.74) is 0.458. The van der Waals surface area contributed by atoms with Crippen LogP contribution >= 0.6 is 11.6 Å². The molecule has 24 heavy (non-hydrogen) atoms. The highest BCUT2D eigenvalue weighted by atomic mass is 35.5. The van der Waals surface area contributed by atoms with Crippen LogP contribution in [-0.2, 0) is 6.18 Å². The summed E-state index contributed by atoms with van der Waals surface area (Å²) in [4.78, 5) is 15.4. The molecule has 3 heterocycles. The lowest BCUT2D eigenvalue weighted by Gasteiger charge is -2.09. The van der Waals surface area contributed by atoms with Crippen LogP contribution < -0.4 is 5.32 Å². The minimum atomic E-state index is -4.52. The van der Waals surface area contributed by atoms with Crippen LogP contribution in [0.4, 0.5) is 24.8 Å². The quantitative estimate of drug-likeness (QED) is 0.711. The number of pyridine rings is 2. The highest BCUT2D eigenvalue weighted by molar-refractivity contribution is 6.29. The van der Waals surface area contributed by atoms with Gasteiger partial charge in [-0.25, -0.2) is 15.0 Å². The molecule has 0 saturated heterocycles. The molecular formula is C15H9ClF3N5. The molecule has 122 valence electrons. The van der Waals surface area contributed by atoms with Gasteiger partial charge in [-0.1, -0.05) is 11.6 Å². The fourth-order valence-corrected chi connectivity index (χ4v) is 2.11. The maximum absolute atomic E-state index is 12.7. The third-order valence-corrected chi connectivity index (χ3v) is 3.19. The van der Waals surface area contributed by atoms with Crippen molar-refractivity contribution in [1.29, 1.82) is 0 Å². The van der Waals surface area contributed by atoms with Gasteiger partial charge < -0.3 is 5.32 Å². The zero-order chi connectivity index (χ0) is 17.2. The smallest absolute Gasteiger partial charge is 0.324 e. The monoisotopic (exact) mass is 351 g/mol. The van der Waals surface area contributed by atoms with Crippen LogP contribution in [0.25, 0.3) is 11.3 Å². The summed E-state index contributed by atoms with van der Waals surface area (Å²) in [5, 5.41) is 3.04. The Morgan fingerprint density at radius 3 is 2.42 bits per heavy atom. The molecule has 9 heteroatoms. The van der Waals surface area contributed by atoms with E-state index in [4.69, 9.17) is 11.6 Å². The predicted molar refractivity (Wildman–Crippen MR) is 82.8 cm³/mol. The second-order valence-electron chi connectivity index (χ2n) is 4.69. The topological polar surface area (TPSA) is 63.6 Å². The number of nitrogens with one attached hydrogen (secondary N) is 1. The molecule has 0 aliphatic heterocycles.